The first-order valence-electron chi connectivity index (χ1n) is 10.8. The number of amides is 1. The van der Waals surface area contributed by atoms with Gasteiger partial charge in [-0.05, 0) is 49.6 Å². The summed E-state index contributed by atoms with van der Waals surface area (Å²) >= 11 is 0. The van der Waals surface area contributed by atoms with E-state index in [0.717, 1.165) is 0 Å². The van der Waals surface area contributed by atoms with Crippen molar-refractivity contribution in [2.75, 3.05) is 37.0 Å². The average Bonchev–Trinajstić information content (AvgIpc) is 2.83. The standard InChI is InChI=1S/C24H32N2O6S/c1-16(2)13-26-19-9-8-18(12-21(19)32-15-24(3,4)23(26)27)25-33(28,29)14-17-7-10-20(30-5)22(11-17)31-6/h7-12,16,25H,13-15H2,1-6H3. The zero-order chi connectivity index (χ0) is 24.4. The van der Waals surface area contributed by atoms with E-state index in [4.69, 9.17) is 14.2 Å². The molecule has 1 amide bonds. The molecule has 1 heterocycles. The predicted octanol–water partition coefficient (Wildman–Crippen LogP) is 4.05. The van der Waals surface area contributed by atoms with Crippen LogP contribution in [0.15, 0.2) is 36.4 Å². The van der Waals surface area contributed by atoms with Crippen molar-refractivity contribution in [3.63, 3.8) is 0 Å². The lowest BCUT2D eigenvalue weighted by Gasteiger charge is -2.29. The number of fused-ring (bicyclic) bond motifs is 1. The molecule has 0 saturated heterocycles. The third kappa shape index (κ3) is 5.71. The van der Waals surface area contributed by atoms with Crippen LogP contribution in [0.1, 0.15) is 33.3 Å². The molecule has 9 heteroatoms. The van der Waals surface area contributed by atoms with E-state index in [2.05, 4.69) is 4.72 Å². The van der Waals surface area contributed by atoms with Crippen molar-refractivity contribution in [1.29, 1.82) is 0 Å². The smallest absolute Gasteiger partial charge is 0.236 e. The van der Waals surface area contributed by atoms with Gasteiger partial charge in [-0.1, -0.05) is 19.9 Å². The highest BCUT2D eigenvalue weighted by atomic mass is 32.2. The molecule has 3 rings (SSSR count). The predicted molar refractivity (Wildman–Crippen MR) is 129 cm³/mol. The van der Waals surface area contributed by atoms with Crippen molar-refractivity contribution < 1.29 is 27.4 Å². The van der Waals surface area contributed by atoms with Crippen molar-refractivity contribution in [3.8, 4) is 17.2 Å². The Morgan fingerprint density at radius 3 is 2.42 bits per heavy atom. The summed E-state index contributed by atoms with van der Waals surface area (Å²) in [5.41, 5.74) is 0.871. The monoisotopic (exact) mass is 476 g/mol. The summed E-state index contributed by atoms with van der Waals surface area (Å²) in [6, 6.07) is 9.98. The Hall–Kier alpha value is -2.94. The first-order chi connectivity index (χ1) is 15.5. The fraction of sp³-hybridized carbons (Fsp3) is 0.458. The second-order valence-electron chi connectivity index (χ2n) is 9.22. The van der Waals surface area contributed by atoms with Crippen molar-refractivity contribution in [1.82, 2.24) is 0 Å². The minimum atomic E-state index is -3.72. The van der Waals surface area contributed by atoms with Crippen molar-refractivity contribution >= 4 is 27.3 Å². The molecule has 1 aliphatic heterocycles. The van der Waals surface area contributed by atoms with E-state index in [0.29, 0.717) is 40.7 Å². The molecule has 0 unspecified atom stereocenters. The van der Waals surface area contributed by atoms with Crippen molar-refractivity contribution in [2.45, 2.75) is 33.4 Å². The van der Waals surface area contributed by atoms with Gasteiger partial charge in [0.05, 0.1) is 36.8 Å². The Balaban J connectivity index is 1.86. The van der Waals surface area contributed by atoms with E-state index in [9.17, 15) is 13.2 Å². The zero-order valence-corrected chi connectivity index (χ0v) is 20.8. The van der Waals surface area contributed by atoms with Crippen LogP contribution in [-0.2, 0) is 20.6 Å². The van der Waals surface area contributed by atoms with Crippen LogP contribution in [0.4, 0.5) is 11.4 Å². The molecule has 33 heavy (non-hydrogen) atoms. The van der Waals surface area contributed by atoms with E-state index in [1.807, 2.05) is 27.7 Å². The maximum Gasteiger partial charge on any atom is 0.236 e. The van der Waals surface area contributed by atoms with Crippen LogP contribution in [0.5, 0.6) is 17.2 Å². The molecule has 0 fully saturated rings. The van der Waals surface area contributed by atoms with Gasteiger partial charge in [0.15, 0.2) is 11.5 Å². The van der Waals surface area contributed by atoms with E-state index in [1.165, 1.54) is 14.2 Å². The van der Waals surface area contributed by atoms with E-state index in [-0.39, 0.29) is 24.2 Å². The Bertz CT molecular complexity index is 1130. The maximum absolute atomic E-state index is 13.1. The summed E-state index contributed by atoms with van der Waals surface area (Å²) in [4.78, 5) is 14.8. The van der Waals surface area contributed by atoms with E-state index < -0.39 is 15.4 Å². The Morgan fingerprint density at radius 1 is 1.09 bits per heavy atom. The third-order valence-electron chi connectivity index (χ3n) is 5.29. The van der Waals surface area contributed by atoms with E-state index in [1.54, 1.807) is 41.3 Å². The number of rotatable bonds is 8. The summed E-state index contributed by atoms with van der Waals surface area (Å²) in [7, 11) is -0.697. The lowest BCUT2D eigenvalue weighted by atomic mass is 9.92. The Labute approximate surface area is 195 Å². The second kappa shape index (κ2) is 9.51. The summed E-state index contributed by atoms with van der Waals surface area (Å²) in [5.74, 6) is 1.46. The summed E-state index contributed by atoms with van der Waals surface area (Å²) in [6.07, 6.45) is 0. The summed E-state index contributed by atoms with van der Waals surface area (Å²) < 4.78 is 44.7. The molecule has 0 atom stereocenters. The lowest BCUT2D eigenvalue weighted by molar-refractivity contribution is -0.127. The number of carbonyl (C=O) groups is 1. The van der Waals surface area contributed by atoms with E-state index >= 15 is 0 Å². The molecule has 1 aliphatic rings. The molecular weight excluding hydrogens is 444 g/mol. The number of benzene rings is 2. The van der Waals surface area contributed by atoms with Gasteiger partial charge >= 0.3 is 0 Å². The SMILES string of the molecule is COc1ccc(CS(=O)(=O)Nc2ccc3c(c2)OCC(C)(C)C(=O)N3CC(C)C)cc1OC. The molecule has 0 aromatic heterocycles. The van der Waals surface area contributed by atoms with Gasteiger partial charge in [0.1, 0.15) is 12.4 Å². The van der Waals surface area contributed by atoms with Gasteiger partial charge in [0.25, 0.3) is 0 Å². The Kier molecular flexibility index (Phi) is 7.11. The van der Waals surface area contributed by atoms with Crippen molar-refractivity contribution in [3.05, 3.63) is 42.0 Å². The molecular formula is C24H32N2O6S. The second-order valence-corrected chi connectivity index (χ2v) is 10.9. The average molecular weight is 477 g/mol. The number of hydrogen-bond donors (Lipinski definition) is 1. The molecule has 8 nitrogen and oxygen atoms in total. The summed E-state index contributed by atoms with van der Waals surface area (Å²) in [5, 5.41) is 0. The number of nitrogens with one attached hydrogen (secondary N) is 1. The van der Waals surface area contributed by atoms with Gasteiger partial charge in [-0.15, -0.1) is 0 Å². The molecule has 0 spiro atoms. The highest BCUT2D eigenvalue weighted by Gasteiger charge is 2.38. The van der Waals surface area contributed by atoms with Crippen LogP contribution in [0.25, 0.3) is 0 Å². The first kappa shape index (κ1) is 24.7. The largest absolute Gasteiger partial charge is 0.493 e. The normalized spacial score (nSPS) is 15.5. The van der Waals surface area contributed by atoms with Gasteiger partial charge in [-0.25, -0.2) is 8.42 Å². The van der Waals surface area contributed by atoms with Crippen LogP contribution in [0.2, 0.25) is 0 Å². The van der Waals surface area contributed by atoms with Crippen LogP contribution in [0.3, 0.4) is 0 Å². The fourth-order valence-electron chi connectivity index (χ4n) is 3.66. The van der Waals surface area contributed by atoms with Gasteiger partial charge in [-0.3, -0.25) is 9.52 Å². The van der Waals surface area contributed by atoms with Gasteiger partial charge < -0.3 is 19.1 Å². The minimum absolute atomic E-state index is 0.0169. The molecule has 1 N–H and O–H groups in total. The lowest BCUT2D eigenvalue weighted by Crippen LogP contribution is -2.43. The molecule has 0 bridgehead atoms. The van der Waals surface area contributed by atoms with Crippen LogP contribution in [0, 0.1) is 11.3 Å². The van der Waals surface area contributed by atoms with Gasteiger partial charge in [-0.2, -0.15) is 0 Å². The fourth-order valence-corrected chi connectivity index (χ4v) is 4.84. The molecule has 2 aromatic rings. The van der Waals surface area contributed by atoms with Crippen molar-refractivity contribution in [2.24, 2.45) is 11.3 Å². The van der Waals surface area contributed by atoms with Gasteiger partial charge in [0, 0.05) is 12.6 Å². The number of ether oxygens (including phenoxy) is 3. The topological polar surface area (TPSA) is 94.2 Å². The van der Waals surface area contributed by atoms with Crippen LogP contribution in [-0.4, -0.2) is 41.7 Å². The molecule has 180 valence electrons. The highest BCUT2D eigenvalue weighted by Crippen LogP contribution is 2.39. The number of hydrogen-bond acceptors (Lipinski definition) is 6. The first-order valence-corrected chi connectivity index (χ1v) is 12.4. The molecule has 0 radical (unpaired) electrons. The third-order valence-corrected chi connectivity index (χ3v) is 6.55. The van der Waals surface area contributed by atoms with Crippen LogP contribution >= 0.6 is 0 Å². The van der Waals surface area contributed by atoms with Crippen LogP contribution < -0.4 is 23.8 Å². The number of anilines is 2. The minimum Gasteiger partial charge on any atom is -0.493 e. The highest BCUT2D eigenvalue weighted by molar-refractivity contribution is 7.91. The number of carbonyl (C=O) groups excluding carboxylic acids is 1. The summed E-state index contributed by atoms with van der Waals surface area (Å²) in [6.45, 7) is 8.53. The number of methoxy groups -OCH3 is 2. The number of nitrogens with zero attached hydrogens (tertiary/aromatic N) is 1. The zero-order valence-electron chi connectivity index (χ0n) is 20.0. The molecule has 0 saturated carbocycles. The number of sulfonamides is 1. The maximum atomic E-state index is 13.1. The molecule has 2 aromatic carbocycles. The quantitative estimate of drug-likeness (QED) is 0.618. The Morgan fingerprint density at radius 2 is 1.79 bits per heavy atom. The van der Waals surface area contributed by atoms with Gasteiger partial charge in [0.2, 0.25) is 15.9 Å². The molecule has 0 aliphatic carbocycles.